The van der Waals surface area contributed by atoms with Gasteiger partial charge in [-0.1, -0.05) is 23.7 Å². The Kier molecular flexibility index (Phi) is 4.88. The largest absolute Gasteiger partial charge is 0.490 e. The van der Waals surface area contributed by atoms with E-state index in [1.165, 1.54) is 6.33 Å². The highest BCUT2D eigenvalue weighted by molar-refractivity contribution is 6.34. The summed E-state index contributed by atoms with van der Waals surface area (Å²) in [4.78, 5) is 12.4. The van der Waals surface area contributed by atoms with Crippen LogP contribution in [0.25, 0.3) is 5.69 Å². The van der Waals surface area contributed by atoms with Crippen molar-refractivity contribution in [3.8, 4) is 17.2 Å². The maximum absolute atomic E-state index is 12.4. The fraction of sp³-hybridized carbons (Fsp3) is 0.222. The Hall–Kier alpha value is -3.13. The Morgan fingerprint density at radius 1 is 1.15 bits per heavy atom. The molecule has 2 aromatic carbocycles. The lowest BCUT2D eigenvalue weighted by atomic mass is 10.1. The number of tetrazole rings is 1. The summed E-state index contributed by atoms with van der Waals surface area (Å²) in [6, 6.07) is 10.8. The van der Waals surface area contributed by atoms with Crippen LogP contribution in [0.4, 0.5) is 5.69 Å². The Labute approximate surface area is 160 Å². The van der Waals surface area contributed by atoms with Gasteiger partial charge in [0.1, 0.15) is 6.33 Å². The second-order valence-corrected chi connectivity index (χ2v) is 6.38. The van der Waals surface area contributed by atoms with Crippen LogP contribution in [-0.4, -0.2) is 39.3 Å². The van der Waals surface area contributed by atoms with E-state index in [9.17, 15) is 4.79 Å². The molecule has 0 saturated heterocycles. The van der Waals surface area contributed by atoms with E-state index in [-0.39, 0.29) is 12.3 Å². The highest BCUT2D eigenvalue weighted by Gasteiger charge is 2.15. The maximum atomic E-state index is 12.4. The number of nitrogens with zero attached hydrogens (tertiary/aromatic N) is 4. The molecule has 138 valence electrons. The molecule has 0 radical (unpaired) electrons. The van der Waals surface area contributed by atoms with Crippen molar-refractivity contribution in [2.24, 2.45) is 0 Å². The number of rotatable bonds is 4. The number of hydrogen-bond donors (Lipinski definition) is 1. The van der Waals surface area contributed by atoms with Crippen LogP contribution in [0.5, 0.6) is 11.5 Å². The molecule has 0 atom stereocenters. The molecule has 2 heterocycles. The van der Waals surface area contributed by atoms with Crippen molar-refractivity contribution in [1.29, 1.82) is 0 Å². The first-order chi connectivity index (χ1) is 13.2. The summed E-state index contributed by atoms with van der Waals surface area (Å²) in [5.41, 5.74) is 2.17. The average Bonchev–Trinajstić information content (AvgIpc) is 3.10. The molecule has 0 saturated carbocycles. The standard InChI is InChI=1S/C18H16ClN5O3/c19-14-9-16-17(27-7-1-6-26-16)10-15(14)21-18(25)8-12-2-4-13(5-3-12)24-11-20-22-23-24/h2-5,9-11H,1,6-8H2,(H,21,25). The molecule has 3 aromatic rings. The van der Waals surface area contributed by atoms with E-state index in [1.807, 2.05) is 24.3 Å². The van der Waals surface area contributed by atoms with Crippen LogP contribution < -0.4 is 14.8 Å². The van der Waals surface area contributed by atoms with Gasteiger partial charge in [0.15, 0.2) is 11.5 Å². The molecule has 1 aliphatic rings. The van der Waals surface area contributed by atoms with Crippen LogP contribution >= 0.6 is 11.6 Å². The van der Waals surface area contributed by atoms with E-state index in [2.05, 4.69) is 20.8 Å². The number of aromatic nitrogens is 4. The zero-order valence-corrected chi connectivity index (χ0v) is 15.0. The fourth-order valence-electron chi connectivity index (χ4n) is 2.71. The molecule has 1 aliphatic heterocycles. The highest BCUT2D eigenvalue weighted by Crippen LogP contribution is 2.37. The Balaban J connectivity index is 1.44. The lowest BCUT2D eigenvalue weighted by Crippen LogP contribution is -2.15. The zero-order valence-electron chi connectivity index (χ0n) is 14.3. The predicted octanol–water partition coefficient (Wildman–Crippen LogP) is 2.66. The van der Waals surface area contributed by atoms with Gasteiger partial charge in [0.2, 0.25) is 5.91 Å². The van der Waals surface area contributed by atoms with E-state index < -0.39 is 0 Å². The zero-order chi connectivity index (χ0) is 18.6. The van der Waals surface area contributed by atoms with Gasteiger partial charge in [0, 0.05) is 18.6 Å². The number of fused-ring (bicyclic) bond motifs is 1. The predicted molar refractivity (Wildman–Crippen MR) is 98.5 cm³/mol. The first-order valence-electron chi connectivity index (χ1n) is 8.40. The van der Waals surface area contributed by atoms with E-state index in [4.69, 9.17) is 21.1 Å². The first-order valence-corrected chi connectivity index (χ1v) is 8.78. The lowest BCUT2D eigenvalue weighted by molar-refractivity contribution is -0.115. The Morgan fingerprint density at radius 3 is 2.59 bits per heavy atom. The molecule has 0 bridgehead atoms. The molecule has 27 heavy (non-hydrogen) atoms. The summed E-state index contributed by atoms with van der Waals surface area (Å²) in [5, 5.41) is 14.3. The molecule has 0 fully saturated rings. The third kappa shape index (κ3) is 4.01. The van der Waals surface area contributed by atoms with Gasteiger partial charge >= 0.3 is 0 Å². The topological polar surface area (TPSA) is 91.2 Å². The summed E-state index contributed by atoms with van der Waals surface area (Å²) in [5.74, 6) is 0.994. The van der Waals surface area contributed by atoms with Crippen LogP contribution in [-0.2, 0) is 11.2 Å². The molecule has 1 N–H and O–H groups in total. The molecular formula is C18H16ClN5O3. The number of anilines is 1. The normalized spacial score (nSPS) is 13.1. The van der Waals surface area contributed by atoms with Gasteiger partial charge in [0.05, 0.1) is 36.0 Å². The monoisotopic (exact) mass is 385 g/mol. The molecule has 0 spiro atoms. The highest BCUT2D eigenvalue weighted by atomic mass is 35.5. The van der Waals surface area contributed by atoms with Gasteiger partial charge in [-0.2, -0.15) is 0 Å². The molecule has 1 aromatic heterocycles. The molecule has 9 heteroatoms. The molecule has 0 aliphatic carbocycles. The minimum absolute atomic E-state index is 0.179. The van der Waals surface area contributed by atoms with Crippen molar-refractivity contribution in [2.45, 2.75) is 12.8 Å². The van der Waals surface area contributed by atoms with Gasteiger partial charge in [-0.25, -0.2) is 4.68 Å². The van der Waals surface area contributed by atoms with E-state index in [0.29, 0.717) is 35.4 Å². The first kappa shape index (κ1) is 17.3. The molecular weight excluding hydrogens is 370 g/mol. The van der Waals surface area contributed by atoms with Crippen LogP contribution in [0.3, 0.4) is 0 Å². The van der Waals surface area contributed by atoms with Gasteiger partial charge in [0.25, 0.3) is 0 Å². The number of amides is 1. The third-order valence-corrected chi connectivity index (χ3v) is 4.34. The van der Waals surface area contributed by atoms with Crippen molar-refractivity contribution >= 4 is 23.2 Å². The van der Waals surface area contributed by atoms with Crippen molar-refractivity contribution in [1.82, 2.24) is 20.2 Å². The number of halogens is 1. The van der Waals surface area contributed by atoms with E-state index >= 15 is 0 Å². The number of carbonyl (C=O) groups excluding carboxylic acids is 1. The number of ether oxygens (including phenoxy) is 2. The van der Waals surface area contributed by atoms with Gasteiger partial charge in [-0.3, -0.25) is 4.79 Å². The SMILES string of the molecule is O=C(Cc1ccc(-n2cnnn2)cc1)Nc1cc2c(cc1Cl)OCCCO2. The van der Waals surface area contributed by atoms with Crippen molar-refractivity contribution in [2.75, 3.05) is 18.5 Å². The smallest absolute Gasteiger partial charge is 0.228 e. The average molecular weight is 386 g/mol. The van der Waals surface area contributed by atoms with Crippen molar-refractivity contribution < 1.29 is 14.3 Å². The summed E-state index contributed by atoms with van der Waals surface area (Å²) < 4.78 is 12.8. The van der Waals surface area contributed by atoms with Crippen LogP contribution in [0, 0.1) is 0 Å². The van der Waals surface area contributed by atoms with E-state index in [1.54, 1.807) is 16.8 Å². The van der Waals surface area contributed by atoms with Gasteiger partial charge in [-0.05, 0) is 28.1 Å². The third-order valence-electron chi connectivity index (χ3n) is 4.03. The number of carbonyl (C=O) groups is 1. The summed E-state index contributed by atoms with van der Waals surface area (Å²) in [7, 11) is 0. The van der Waals surface area contributed by atoms with Crippen molar-refractivity contribution in [3.05, 3.63) is 53.3 Å². The quantitative estimate of drug-likeness (QED) is 0.742. The number of benzene rings is 2. The summed E-state index contributed by atoms with van der Waals surface area (Å²) in [6.45, 7) is 1.14. The van der Waals surface area contributed by atoms with Crippen LogP contribution in [0.1, 0.15) is 12.0 Å². The second-order valence-electron chi connectivity index (χ2n) is 5.98. The Morgan fingerprint density at radius 2 is 1.89 bits per heavy atom. The minimum Gasteiger partial charge on any atom is -0.490 e. The Bertz CT molecular complexity index is 944. The maximum Gasteiger partial charge on any atom is 0.228 e. The molecule has 8 nitrogen and oxygen atoms in total. The van der Waals surface area contributed by atoms with Gasteiger partial charge < -0.3 is 14.8 Å². The second kappa shape index (κ2) is 7.63. The summed E-state index contributed by atoms with van der Waals surface area (Å²) >= 11 is 6.27. The molecule has 1 amide bonds. The lowest BCUT2D eigenvalue weighted by Gasteiger charge is -2.12. The number of nitrogens with one attached hydrogen (secondary N) is 1. The van der Waals surface area contributed by atoms with Crippen molar-refractivity contribution in [3.63, 3.8) is 0 Å². The van der Waals surface area contributed by atoms with E-state index in [0.717, 1.165) is 17.7 Å². The molecule has 0 unspecified atom stereocenters. The fourth-order valence-corrected chi connectivity index (χ4v) is 2.91. The van der Waals surface area contributed by atoms with Crippen LogP contribution in [0.15, 0.2) is 42.7 Å². The minimum atomic E-state index is -0.179. The number of hydrogen-bond acceptors (Lipinski definition) is 6. The molecule has 4 rings (SSSR count). The van der Waals surface area contributed by atoms with Crippen LogP contribution in [0.2, 0.25) is 5.02 Å². The summed E-state index contributed by atoms with van der Waals surface area (Å²) in [6.07, 6.45) is 2.52. The van der Waals surface area contributed by atoms with Gasteiger partial charge in [-0.15, -0.1) is 5.10 Å².